The fourth-order valence-corrected chi connectivity index (χ4v) is 2.19. The van der Waals surface area contributed by atoms with Crippen molar-refractivity contribution < 1.29 is 5.11 Å². The molecule has 2 atom stereocenters. The van der Waals surface area contributed by atoms with Crippen molar-refractivity contribution in [2.75, 3.05) is 0 Å². The van der Waals surface area contributed by atoms with E-state index in [9.17, 15) is 5.11 Å². The summed E-state index contributed by atoms with van der Waals surface area (Å²) in [5.74, 6) is 0. The first-order valence-electron chi connectivity index (χ1n) is 5.39. The lowest BCUT2D eigenvalue weighted by Crippen LogP contribution is -2.35. The van der Waals surface area contributed by atoms with Crippen LogP contribution in [0.5, 0.6) is 0 Å². The number of hydrogen-bond donors (Lipinski definition) is 2. The first-order valence-corrected chi connectivity index (χ1v) is 5.80. The van der Waals surface area contributed by atoms with E-state index in [4.69, 9.17) is 12.2 Å². The summed E-state index contributed by atoms with van der Waals surface area (Å²) in [5, 5.41) is 13.7. The Morgan fingerprint density at radius 2 is 2.18 bits per heavy atom. The van der Waals surface area contributed by atoms with E-state index in [1.807, 2.05) is 30.3 Å². The van der Waals surface area contributed by atoms with Gasteiger partial charge in [0.2, 0.25) is 0 Å². The molecule has 0 amide bonds. The standard InChI is InChI=1S/C13H14N2OS/c1-2-8-15-12(16)11(14-13(15)17)9-10-6-4-3-5-7-10/h3-8,11-12,16H,1,9H2,(H,14,17). The van der Waals surface area contributed by atoms with Crippen LogP contribution in [-0.4, -0.2) is 27.4 Å². The lowest BCUT2D eigenvalue weighted by molar-refractivity contribution is 0.0761. The minimum absolute atomic E-state index is 0.102. The topological polar surface area (TPSA) is 35.5 Å². The van der Waals surface area contributed by atoms with Crippen LogP contribution in [0.4, 0.5) is 0 Å². The lowest BCUT2D eigenvalue weighted by Gasteiger charge is -2.18. The molecule has 1 aromatic rings. The number of thiocarbonyl (C=S) groups is 1. The molecule has 0 spiro atoms. The first-order chi connectivity index (χ1) is 8.22. The second kappa shape index (κ2) is 5.15. The highest BCUT2D eigenvalue weighted by molar-refractivity contribution is 7.80. The van der Waals surface area contributed by atoms with Crippen LogP contribution in [0, 0.1) is 0 Å². The third kappa shape index (κ3) is 2.56. The van der Waals surface area contributed by atoms with E-state index in [0.29, 0.717) is 5.11 Å². The molecule has 1 heterocycles. The molecule has 88 valence electrons. The zero-order valence-corrected chi connectivity index (χ0v) is 10.2. The zero-order chi connectivity index (χ0) is 12.3. The van der Waals surface area contributed by atoms with Crippen molar-refractivity contribution in [3.63, 3.8) is 0 Å². The third-order valence-corrected chi connectivity index (χ3v) is 3.05. The predicted octanol–water partition coefficient (Wildman–Crippen LogP) is 1.40. The van der Waals surface area contributed by atoms with Gasteiger partial charge in [-0.05, 0) is 24.2 Å². The van der Waals surface area contributed by atoms with Gasteiger partial charge in [-0.15, -0.1) is 5.73 Å². The molecule has 0 aliphatic carbocycles. The first kappa shape index (κ1) is 11.9. The van der Waals surface area contributed by atoms with Crippen LogP contribution >= 0.6 is 12.2 Å². The molecule has 2 rings (SSSR count). The number of nitrogens with zero attached hydrogens (tertiary/aromatic N) is 1. The van der Waals surface area contributed by atoms with E-state index in [-0.39, 0.29) is 6.04 Å². The Hall–Kier alpha value is -1.61. The summed E-state index contributed by atoms with van der Waals surface area (Å²) in [6, 6.07) is 9.90. The fraction of sp³-hybridized carbons (Fsp3) is 0.231. The normalized spacial score (nSPS) is 23.1. The quantitative estimate of drug-likeness (QED) is 0.624. The van der Waals surface area contributed by atoms with E-state index in [1.165, 1.54) is 0 Å². The van der Waals surface area contributed by atoms with Gasteiger partial charge < -0.3 is 10.4 Å². The van der Waals surface area contributed by atoms with Crippen LogP contribution in [0.15, 0.2) is 48.8 Å². The second-order valence-electron chi connectivity index (χ2n) is 3.90. The van der Waals surface area contributed by atoms with Crippen molar-refractivity contribution in [3.8, 4) is 0 Å². The van der Waals surface area contributed by atoms with Gasteiger partial charge in [0.15, 0.2) is 11.3 Å². The zero-order valence-electron chi connectivity index (χ0n) is 9.34. The Labute approximate surface area is 106 Å². The van der Waals surface area contributed by atoms with Crippen molar-refractivity contribution in [2.24, 2.45) is 0 Å². The van der Waals surface area contributed by atoms with Crippen molar-refractivity contribution in [2.45, 2.75) is 18.7 Å². The molecular formula is C13H14N2OS. The molecular weight excluding hydrogens is 232 g/mol. The largest absolute Gasteiger partial charge is 0.371 e. The molecule has 1 aliphatic rings. The monoisotopic (exact) mass is 246 g/mol. The van der Waals surface area contributed by atoms with Gasteiger partial charge in [-0.1, -0.05) is 36.9 Å². The summed E-state index contributed by atoms with van der Waals surface area (Å²) in [6.45, 7) is 3.48. The van der Waals surface area contributed by atoms with Gasteiger partial charge in [0, 0.05) is 0 Å². The molecule has 2 unspecified atom stereocenters. The molecule has 1 aromatic carbocycles. The summed E-state index contributed by atoms with van der Waals surface area (Å²) in [7, 11) is 0. The molecule has 1 aliphatic heterocycles. The summed E-state index contributed by atoms with van der Waals surface area (Å²) >= 11 is 5.13. The Kier molecular flexibility index (Phi) is 3.59. The maximum absolute atomic E-state index is 10.1. The van der Waals surface area contributed by atoms with E-state index < -0.39 is 6.23 Å². The molecule has 1 saturated heterocycles. The van der Waals surface area contributed by atoms with Gasteiger partial charge in [0.1, 0.15) is 0 Å². The molecule has 0 radical (unpaired) electrons. The molecule has 4 heteroatoms. The Morgan fingerprint density at radius 1 is 1.47 bits per heavy atom. The molecule has 0 aromatic heterocycles. The van der Waals surface area contributed by atoms with E-state index >= 15 is 0 Å². The number of aliphatic hydroxyl groups is 1. The Bertz CT molecular complexity index is 454. The summed E-state index contributed by atoms with van der Waals surface area (Å²) in [6.07, 6.45) is 1.62. The van der Waals surface area contributed by atoms with Crippen LogP contribution in [0.3, 0.4) is 0 Å². The highest BCUT2D eigenvalue weighted by Crippen LogP contribution is 2.16. The summed E-state index contributed by atoms with van der Waals surface area (Å²) in [4.78, 5) is 1.57. The number of hydrogen-bond acceptors (Lipinski definition) is 2. The van der Waals surface area contributed by atoms with Gasteiger partial charge >= 0.3 is 0 Å². The maximum Gasteiger partial charge on any atom is 0.176 e. The number of nitrogens with one attached hydrogen (secondary N) is 1. The van der Waals surface area contributed by atoms with Gasteiger partial charge in [0.25, 0.3) is 0 Å². The van der Waals surface area contributed by atoms with Crippen molar-refractivity contribution >= 4 is 17.3 Å². The molecule has 1 fully saturated rings. The summed E-state index contributed by atoms with van der Waals surface area (Å²) in [5.41, 5.74) is 3.78. The van der Waals surface area contributed by atoms with Crippen LogP contribution in [0.1, 0.15) is 5.56 Å². The molecule has 0 saturated carbocycles. The van der Waals surface area contributed by atoms with Crippen LogP contribution < -0.4 is 5.32 Å². The highest BCUT2D eigenvalue weighted by Gasteiger charge is 2.34. The number of benzene rings is 1. The van der Waals surface area contributed by atoms with Gasteiger partial charge in [-0.25, -0.2) is 0 Å². The predicted molar refractivity (Wildman–Crippen MR) is 71.2 cm³/mol. The Balaban J connectivity index is 2.09. The molecule has 17 heavy (non-hydrogen) atoms. The van der Waals surface area contributed by atoms with E-state index in [0.717, 1.165) is 12.0 Å². The molecule has 0 bridgehead atoms. The third-order valence-electron chi connectivity index (χ3n) is 2.72. The van der Waals surface area contributed by atoms with Gasteiger partial charge in [0.05, 0.1) is 12.2 Å². The van der Waals surface area contributed by atoms with Crippen molar-refractivity contribution in [3.05, 3.63) is 54.4 Å². The van der Waals surface area contributed by atoms with Gasteiger partial charge in [-0.2, -0.15) is 0 Å². The van der Waals surface area contributed by atoms with Crippen LogP contribution in [-0.2, 0) is 6.42 Å². The van der Waals surface area contributed by atoms with E-state index in [1.54, 1.807) is 11.1 Å². The van der Waals surface area contributed by atoms with Crippen LogP contribution in [0.2, 0.25) is 0 Å². The average Bonchev–Trinajstić information content (AvgIpc) is 2.59. The molecule has 2 N–H and O–H groups in total. The number of rotatable bonds is 3. The smallest absolute Gasteiger partial charge is 0.176 e. The highest BCUT2D eigenvalue weighted by atomic mass is 32.1. The minimum atomic E-state index is -0.669. The summed E-state index contributed by atoms with van der Waals surface area (Å²) < 4.78 is 0. The van der Waals surface area contributed by atoms with Crippen LogP contribution in [0.25, 0.3) is 0 Å². The fourth-order valence-electron chi connectivity index (χ4n) is 1.88. The molecule has 3 nitrogen and oxygen atoms in total. The van der Waals surface area contributed by atoms with Crippen molar-refractivity contribution in [1.29, 1.82) is 0 Å². The maximum atomic E-state index is 10.1. The number of aliphatic hydroxyl groups excluding tert-OH is 1. The van der Waals surface area contributed by atoms with Gasteiger partial charge in [-0.3, -0.25) is 4.90 Å². The minimum Gasteiger partial charge on any atom is -0.371 e. The van der Waals surface area contributed by atoms with Crippen molar-refractivity contribution in [1.82, 2.24) is 10.2 Å². The van der Waals surface area contributed by atoms with E-state index in [2.05, 4.69) is 17.6 Å². The average molecular weight is 246 g/mol. The lowest BCUT2D eigenvalue weighted by atomic mass is 10.1. The SMILES string of the molecule is C=C=CN1C(=S)NC(Cc2ccccc2)C1O. The Morgan fingerprint density at radius 3 is 2.82 bits per heavy atom. The second-order valence-corrected chi connectivity index (χ2v) is 4.29.